The normalized spacial score (nSPS) is 16.2. The van der Waals surface area contributed by atoms with E-state index in [1.54, 1.807) is 19.2 Å². The first-order valence-electron chi connectivity index (χ1n) is 12.9. The summed E-state index contributed by atoms with van der Waals surface area (Å²) in [4.78, 5) is 24.6. The van der Waals surface area contributed by atoms with Crippen molar-refractivity contribution in [1.29, 1.82) is 5.26 Å². The van der Waals surface area contributed by atoms with Gasteiger partial charge in [0.25, 0.3) is 5.91 Å². The van der Waals surface area contributed by atoms with Crippen LogP contribution in [0.2, 0.25) is 0 Å². The number of ether oxygens (including phenoxy) is 1. The Hall–Kier alpha value is -3.97. The standard InChI is InChI=1S/C28H32FN7O2/c1-4-38-24-13-23(34-15-22(24)29)18(2)36-17-28(5-6-28)25-20(14-32-8-7-30)11-19(12-21(25)26(36)37)16-35-10-9-33-27(35)31-3/h9-13,15,18,32H,4-6,8,14,16-17H2,1-3H3,(H,31,33). The molecular formula is C28H32FN7O2. The molecule has 5 rings (SSSR count). The second-order valence-corrected chi connectivity index (χ2v) is 9.93. The zero-order valence-corrected chi connectivity index (χ0v) is 21.9. The number of amides is 1. The predicted octanol–water partition coefficient (Wildman–Crippen LogP) is 3.77. The smallest absolute Gasteiger partial charge is 0.254 e. The third-order valence-electron chi connectivity index (χ3n) is 7.48. The second kappa shape index (κ2) is 10.4. The van der Waals surface area contributed by atoms with E-state index < -0.39 is 5.82 Å². The van der Waals surface area contributed by atoms with Crippen molar-refractivity contribution >= 4 is 11.9 Å². The Morgan fingerprint density at radius 3 is 2.82 bits per heavy atom. The van der Waals surface area contributed by atoms with Crippen LogP contribution in [-0.2, 0) is 18.5 Å². The van der Waals surface area contributed by atoms with Gasteiger partial charge >= 0.3 is 0 Å². The van der Waals surface area contributed by atoms with Crippen molar-refractivity contribution in [3.05, 3.63) is 70.6 Å². The van der Waals surface area contributed by atoms with Gasteiger partial charge in [-0.25, -0.2) is 9.37 Å². The fourth-order valence-corrected chi connectivity index (χ4v) is 5.50. The molecule has 2 N–H and O–H groups in total. The summed E-state index contributed by atoms with van der Waals surface area (Å²) >= 11 is 0. The Labute approximate surface area is 221 Å². The number of carbonyl (C=O) groups is 1. The van der Waals surface area contributed by atoms with Crippen LogP contribution in [0, 0.1) is 17.1 Å². The lowest BCUT2D eigenvalue weighted by Gasteiger charge is -2.39. The maximum atomic E-state index is 14.2. The highest BCUT2D eigenvalue weighted by Gasteiger charge is 2.53. The minimum atomic E-state index is -0.517. The summed E-state index contributed by atoms with van der Waals surface area (Å²) in [5.74, 6) is 0.289. The molecule has 0 saturated heterocycles. The number of hydrogen-bond donors (Lipinski definition) is 2. The van der Waals surface area contributed by atoms with E-state index in [0.717, 1.165) is 41.7 Å². The molecule has 198 valence electrons. The van der Waals surface area contributed by atoms with E-state index in [1.807, 2.05) is 35.7 Å². The topological polar surface area (TPSA) is 108 Å². The lowest BCUT2D eigenvalue weighted by Crippen LogP contribution is -2.45. The van der Waals surface area contributed by atoms with Crippen molar-refractivity contribution < 1.29 is 13.9 Å². The molecule has 1 aliphatic heterocycles. The van der Waals surface area contributed by atoms with E-state index in [2.05, 4.69) is 32.7 Å². The summed E-state index contributed by atoms with van der Waals surface area (Å²) in [6.07, 6.45) is 6.75. The number of imidazole rings is 1. The van der Waals surface area contributed by atoms with Gasteiger partial charge in [0.1, 0.15) is 0 Å². The van der Waals surface area contributed by atoms with Crippen LogP contribution in [0.5, 0.6) is 5.75 Å². The van der Waals surface area contributed by atoms with E-state index >= 15 is 0 Å². The Kier molecular flexibility index (Phi) is 7.04. The molecule has 2 aliphatic rings. The number of benzene rings is 1. The van der Waals surface area contributed by atoms with Crippen molar-refractivity contribution in [3.8, 4) is 11.8 Å². The first-order valence-corrected chi connectivity index (χ1v) is 12.9. The molecule has 10 heteroatoms. The SMILES string of the molecule is CCOc1cc(C(C)N2CC3(CC3)c3c(CNCC#N)cc(Cn4ccnc4NC)cc3C2=O)ncc1F. The summed E-state index contributed by atoms with van der Waals surface area (Å²) in [7, 11) is 1.82. The van der Waals surface area contributed by atoms with E-state index in [1.165, 1.54) is 0 Å². The first kappa shape index (κ1) is 25.7. The van der Waals surface area contributed by atoms with Gasteiger partial charge in [0.2, 0.25) is 5.95 Å². The molecule has 38 heavy (non-hydrogen) atoms. The van der Waals surface area contributed by atoms with Gasteiger partial charge in [-0.15, -0.1) is 0 Å². The number of carbonyl (C=O) groups excluding carboxylic acids is 1. The van der Waals surface area contributed by atoms with Crippen molar-refractivity contribution in [2.75, 3.05) is 32.1 Å². The second-order valence-electron chi connectivity index (χ2n) is 9.93. The minimum Gasteiger partial charge on any atom is -0.491 e. The van der Waals surface area contributed by atoms with Crippen LogP contribution in [0.4, 0.5) is 10.3 Å². The molecule has 2 aromatic heterocycles. The lowest BCUT2D eigenvalue weighted by molar-refractivity contribution is 0.0633. The third-order valence-corrected chi connectivity index (χ3v) is 7.48. The Balaban J connectivity index is 1.54. The maximum Gasteiger partial charge on any atom is 0.254 e. The third kappa shape index (κ3) is 4.70. The Morgan fingerprint density at radius 1 is 1.29 bits per heavy atom. The highest BCUT2D eigenvalue weighted by atomic mass is 19.1. The van der Waals surface area contributed by atoms with Gasteiger partial charge < -0.3 is 24.8 Å². The molecule has 0 bridgehead atoms. The van der Waals surface area contributed by atoms with E-state index in [0.29, 0.717) is 37.5 Å². The number of fused-ring (bicyclic) bond motifs is 2. The molecule has 1 saturated carbocycles. The molecular weight excluding hydrogens is 485 g/mol. The van der Waals surface area contributed by atoms with Gasteiger partial charge in [-0.1, -0.05) is 6.07 Å². The fraction of sp³-hybridized carbons (Fsp3) is 0.429. The van der Waals surface area contributed by atoms with Crippen molar-refractivity contribution in [2.24, 2.45) is 0 Å². The minimum absolute atomic E-state index is 0.0723. The highest BCUT2D eigenvalue weighted by Crippen LogP contribution is 2.55. The van der Waals surface area contributed by atoms with Crippen LogP contribution in [0.15, 0.2) is 36.8 Å². The predicted molar refractivity (Wildman–Crippen MR) is 140 cm³/mol. The Bertz CT molecular complexity index is 1390. The van der Waals surface area contributed by atoms with E-state index in [4.69, 9.17) is 10.00 Å². The lowest BCUT2D eigenvalue weighted by atomic mass is 9.81. The molecule has 3 heterocycles. The number of anilines is 1. The molecule has 1 unspecified atom stereocenters. The van der Waals surface area contributed by atoms with Gasteiger partial charge in [0.15, 0.2) is 11.6 Å². The quantitative estimate of drug-likeness (QED) is 0.311. The van der Waals surface area contributed by atoms with Crippen molar-refractivity contribution in [2.45, 2.75) is 51.2 Å². The largest absolute Gasteiger partial charge is 0.491 e. The average Bonchev–Trinajstić information content (AvgIpc) is 3.54. The van der Waals surface area contributed by atoms with Gasteiger partial charge in [-0.05, 0) is 49.4 Å². The molecule has 1 aromatic carbocycles. The highest BCUT2D eigenvalue weighted by molar-refractivity contribution is 5.98. The Morgan fingerprint density at radius 2 is 2.11 bits per heavy atom. The van der Waals surface area contributed by atoms with Gasteiger partial charge in [0.05, 0.1) is 43.7 Å². The fourth-order valence-electron chi connectivity index (χ4n) is 5.50. The molecule has 1 aliphatic carbocycles. The number of rotatable bonds is 10. The van der Waals surface area contributed by atoms with Gasteiger partial charge in [-0.3, -0.25) is 9.78 Å². The number of halogens is 1. The molecule has 1 spiro atoms. The molecule has 1 atom stereocenters. The molecule has 0 radical (unpaired) electrons. The molecule has 1 amide bonds. The first-order chi connectivity index (χ1) is 18.4. The maximum absolute atomic E-state index is 14.2. The summed E-state index contributed by atoms with van der Waals surface area (Å²) in [5.41, 5.74) is 4.26. The molecule has 1 fully saturated rings. The number of nitrogens with one attached hydrogen (secondary N) is 2. The molecule has 3 aromatic rings. The number of hydrogen-bond acceptors (Lipinski definition) is 7. The average molecular weight is 518 g/mol. The summed E-state index contributed by atoms with van der Waals surface area (Å²) < 4.78 is 21.6. The van der Waals surface area contributed by atoms with Crippen LogP contribution in [0.3, 0.4) is 0 Å². The van der Waals surface area contributed by atoms with Crippen LogP contribution in [-0.4, -0.2) is 52.1 Å². The number of aromatic nitrogens is 3. The zero-order valence-electron chi connectivity index (χ0n) is 21.9. The van der Waals surface area contributed by atoms with Crippen LogP contribution >= 0.6 is 0 Å². The number of pyridine rings is 1. The zero-order chi connectivity index (χ0) is 26.9. The van der Waals surface area contributed by atoms with Crippen molar-refractivity contribution in [1.82, 2.24) is 24.8 Å². The van der Waals surface area contributed by atoms with Crippen molar-refractivity contribution in [3.63, 3.8) is 0 Å². The van der Waals surface area contributed by atoms with E-state index in [9.17, 15) is 9.18 Å². The van der Waals surface area contributed by atoms with Crippen LogP contribution < -0.4 is 15.4 Å². The summed E-state index contributed by atoms with van der Waals surface area (Å²) in [6.45, 7) is 5.92. The monoisotopic (exact) mass is 517 g/mol. The number of nitrogens with zero attached hydrogens (tertiary/aromatic N) is 5. The van der Waals surface area contributed by atoms with Crippen LogP contribution in [0.1, 0.15) is 65.5 Å². The van der Waals surface area contributed by atoms with Crippen LogP contribution in [0.25, 0.3) is 0 Å². The molecule has 9 nitrogen and oxygen atoms in total. The summed E-state index contributed by atoms with van der Waals surface area (Å²) in [5, 5.41) is 15.4. The summed E-state index contributed by atoms with van der Waals surface area (Å²) in [6, 6.07) is 7.51. The van der Waals surface area contributed by atoms with E-state index in [-0.39, 0.29) is 29.7 Å². The number of nitriles is 1. The van der Waals surface area contributed by atoms with Gasteiger partial charge in [-0.2, -0.15) is 5.26 Å². The van der Waals surface area contributed by atoms with Gasteiger partial charge in [0, 0.05) is 49.6 Å².